The lowest BCUT2D eigenvalue weighted by molar-refractivity contribution is 0.100. The molecule has 3 heterocycles. The Morgan fingerprint density at radius 1 is 1.06 bits per heavy atom. The summed E-state index contributed by atoms with van der Waals surface area (Å²) >= 11 is 0. The lowest BCUT2D eigenvalue weighted by Crippen LogP contribution is -2.44. The lowest BCUT2D eigenvalue weighted by atomic mass is 10.0. The summed E-state index contributed by atoms with van der Waals surface area (Å²) in [6.07, 6.45) is 4.88. The number of aryl methyl sites for hydroxylation is 1. The number of anilines is 3. The number of benzene rings is 2. The zero-order chi connectivity index (χ0) is 22.9. The van der Waals surface area contributed by atoms with Gasteiger partial charge in [0, 0.05) is 54.7 Å². The zero-order valence-electron chi connectivity index (χ0n) is 18.8. The Morgan fingerprint density at radius 2 is 1.88 bits per heavy atom. The van der Waals surface area contributed by atoms with Gasteiger partial charge in [0.1, 0.15) is 0 Å². The van der Waals surface area contributed by atoms with Crippen LogP contribution in [-0.4, -0.2) is 49.0 Å². The number of piperazine rings is 1. The van der Waals surface area contributed by atoms with E-state index in [1.165, 1.54) is 17.4 Å². The number of amides is 1. The Kier molecular flexibility index (Phi) is 5.48. The number of likely N-dealkylation sites (N-methyl/N-ethyl adjacent to an activating group) is 1. The molecule has 4 aromatic rings. The van der Waals surface area contributed by atoms with Crippen LogP contribution >= 0.6 is 0 Å². The summed E-state index contributed by atoms with van der Waals surface area (Å²) in [5.74, 6) is -0.517. The molecule has 0 radical (unpaired) electrons. The van der Waals surface area contributed by atoms with Crippen LogP contribution in [0.15, 0.2) is 65.6 Å². The van der Waals surface area contributed by atoms with Crippen molar-refractivity contribution in [3.63, 3.8) is 0 Å². The number of pyridine rings is 1. The largest absolute Gasteiger partial charge is 0.472 e. The molecule has 3 N–H and O–H groups in total. The summed E-state index contributed by atoms with van der Waals surface area (Å²) in [5, 5.41) is 4.28. The van der Waals surface area contributed by atoms with Crippen molar-refractivity contribution in [1.29, 1.82) is 0 Å². The highest BCUT2D eigenvalue weighted by molar-refractivity contribution is 6.08. The summed E-state index contributed by atoms with van der Waals surface area (Å²) in [7, 11) is 2.16. The van der Waals surface area contributed by atoms with Crippen LogP contribution in [0, 0.1) is 6.92 Å². The van der Waals surface area contributed by atoms with Gasteiger partial charge in [-0.25, -0.2) is 0 Å². The summed E-state index contributed by atoms with van der Waals surface area (Å²) in [5.41, 5.74) is 12.8. The maximum atomic E-state index is 12.2. The summed E-state index contributed by atoms with van der Waals surface area (Å²) in [4.78, 5) is 21.4. The molecule has 0 atom stereocenters. The predicted molar refractivity (Wildman–Crippen MR) is 132 cm³/mol. The highest BCUT2D eigenvalue weighted by Gasteiger charge is 2.18. The summed E-state index contributed by atoms with van der Waals surface area (Å²) in [6.45, 7) is 6.28. The molecule has 7 nitrogen and oxygen atoms in total. The first kappa shape index (κ1) is 21.0. The topological polar surface area (TPSA) is 87.6 Å². The average Bonchev–Trinajstić information content (AvgIpc) is 3.35. The molecular formula is C26H27N5O2. The molecule has 0 unspecified atom stereocenters. The number of nitrogens with zero attached hydrogens (tertiary/aromatic N) is 3. The molecule has 0 aliphatic carbocycles. The molecule has 2 aromatic carbocycles. The first-order chi connectivity index (χ1) is 16.0. The molecule has 1 saturated heterocycles. The average molecular weight is 442 g/mol. The Labute approximate surface area is 192 Å². The van der Waals surface area contributed by atoms with E-state index < -0.39 is 5.91 Å². The van der Waals surface area contributed by atoms with Gasteiger partial charge in [0.2, 0.25) is 0 Å². The number of nitrogens with two attached hydrogens (primary N) is 1. The van der Waals surface area contributed by atoms with Gasteiger partial charge in [0.15, 0.2) is 0 Å². The van der Waals surface area contributed by atoms with Crippen LogP contribution in [0.2, 0.25) is 0 Å². The molecule has 2 aromatic heterocycles. The third-order valence-corrected chi connectivity index (χ3v) is 6.30. The van der Waals surface area contributed by atoms with Gasteiger partial charge in [0.05, 0.1) is 29.3 Å². The second kappa shape index (κ2) is 8.60. The maximum absolute atomic E-state index is 12.2. The normalized spacial score (nSPS) is 14.5. The van der Waals surface area contributed by atoms with E-state index in [-0.39, 0.29) is 0 Å². The number of rotatable bonds is 5. The molecule has 7 heteroatoms. The van der Waals surface area contributed by atoms with Crippen LogP contribution in [-0.2, 0) is 0 Å². The number of carbonyl (C=O) groups excluding carboxylic acids is 1. The first-order valence-corrected chi connectivity index (χ1v) is 11.1. The van der Waals surface area contributed by atoms with E-state index >= 15 is 0 Å². The van der Waals surface area contributed by atoms with E-state index in [2.05, 4.69) is 52.3 Å². The number of fused-ring (bicyclic) bond motifs is 1. The van der Waals surface area contributed by atoms with Gasteiger partial charge in [-0.15, -0.1) is 0 Å². The number of hydrogen-bond acceptors (Lipinski definition) is 6. The number of nitrogens with one attached hydrogen (secondary N) is 1. The Balaban J connectivity index is 1.50. The van der Waals surface area contributed by atoms with Crippen LogP contribution in [0.3, 0.4) is 0 Å². The van der Waals surface area contributed by atoms with E-state index in [0.29, 0.717) is 11.3 Å². The third-order valence-electron chi connectivity index (χ3n) is 6.30. The van der Waals surface area contributed by atoms with E-state index in [1.807, 2.05) is 24.3 Å². The smallest absolute Gasteiger partial charge is 0.252 e. The second-order valence-corrected chi connectivity index (χ2v) is 8.57. The van der Waals surface area contributed by atoms with Crippen molar-refractivity contribution in [2.45, 2.75) is 6.92 Å². The number of aromatic nitrogens is 1. The molecule has 168 valence electrons. The molecule has 33 heavy (non-hydrogen) atoms. The fourth-order valence-electron chi connectivity index (χ4n) is 4.40. The molecule has 1 aliphatic heterocycles. The standard InChI is InChI=1S/C26H27N5O2/c1-17-13-20(4-6-24(17)31-10-8-30(2)9-11-31)29-25-21-5-3-18(19-7-12-33-16-19)14-23(21)28-15-22(25)26(27)32/h3-7,12-16H,8-11H2,1-2H3,(H2,27,32)(H,28,29). The quantitative estimate of drug-likeness (QED) is 0.477. The Hall–Kier alpha value is -3.84. The molecule has 1 fully saturated rings. The fourth-order valence-corrected chi connectivity index (χ4v) is 4.40. The minimum atomic E-state index is -0.517. The van der Waals surface area contributed by atoms with Crippen LogP contribution in [0.25, 0.3) is 22.0 Å². The molecule has 5 rings (SSSR count). The minimum absolute atomic E-state index is 0.361. The predicted octanol–water partition coefficient (Wildman–Crippen LogP) is 4.40. The van der Waals surface area contributed by atoms with E-state index in [4.69, 9.17) is 10.2 Å². The second-order valence-electron chi connectivity index (χ2n) is 8.57. The van der Waals surface area contributed by atoms with Crippen molar-refractivity contribution >= 4 is 33.9 Å². The van der Waals surface area contributed by atoms with Gasteiger partial charge >= 0.3 is 0 Å². The third kappa shape index (κ3) is 4.15. The fraction of sp³-hybridized carbons (Fsp3) is 0.231. The Morgan fingerprint density at radius 3 is 2.58 bits per heavy atom. The van der Waals surface area contributed by atoms with Crippen LogP contribution in [0.5, 0.6) is 0 Å². The maximum Gasteiger partial charge on any atom is 0.252 e. The highest BCUT2D eigenvalue weighted by Crippen LogP contribution is 2.33. The van der Waals surface area contributed by atoms with Crippen molar-refractivity contribution in [2.75, 3.05) is 43.4 Å². The van der Waals surface area contributed by atoms with Crippen LogP contribution in [0.4, 0.5) is 17.1 Å². The number of hydrogen-bond donors (Lipinski definition) is 2. The molecule has 0 bridgehead atoms. The summed E-state index contributed by atoms with van der Waals surface area (Å²) < 4.78 is 5.20. The van der Waals surface area contributed by atoms with Crippen LogP contribution < -0.4 is 16.0 Å². The monoisotopic (exact) mass is 441 g/mol. The molecule has 0 spiro atoms. The van der Waals surface area contributed by atoms with Gasteiger partial charge in [-0.2, -0.15) is 0 Å². The van der Waals surface area contributed by atoms with Gasteiger partial charge in [-0.1, -0.05) is 12.1 Å². The van der Waals surface area contributed by atoms with Crippen LogP contribution in [0.1, 0.15) is 15.9 Å². The van der Waals surface area contributed by atoms with Crippen molar-refractivity contribution in [3.05, 3.63) is 72.3 Å². The van der Waals surface area contributed by atoms with Gasteiger partial charge in [-0.3, -0.25) is 9.78 Å². The number of primary amides is 1. The van der Waals surface area contributed by atoms with E-state index in [0.717, 1.165) is 53.9 Å². The summed E-state index contributed by atoms with van der Waals surface area (Å²) in [6, 6.07) is 14.2. The minimum Gasteiger partial charge on any atom is -0.472 e. The van der Waals surface area contributed by atoms with Gasteiger partial charge in [-0.05, 0) is 55.4 Å². The zero-order valence-corrected chi connectivity index (χ0v) is 18.8. The van der Waals surface area contributed by atoms with E-state index in [1.54, 1.807) is 12.5 Å². The molecule has 1 amide bonds. The molecule has 1 aliphatic rings. The Bertz CT molecular complexity index is 1310. The van der Waals surface area contributed by atoms with E-state index in [9.17, 15) is 4.79 Å². The molecular weight excluding hydrogens is 414 g/mol. The number of carbonyl (C=O) groups is 1. The van der Waals surface area contributed by atoms with Gasteiger partial charge in [0.25, 0.3) is 5.91 Å². The van der Waals surface area contributed by atoms with Crippen molar-refractivity contribution in [3.8, 4) is 11.1 Å². The lowest BCUT2D eigenvalue weighted by Gasteiger charge is -2.35. The molecule has 0 saturated carbocycles. The first-order valence-electron chi connectivity index (χ1n) is 11.1. The highest BCUT2D eigenvalue weighted by atomic mass is 16.3. The number of furan rings is 1. The SMILES string of the molecule is Cc1cc(Nc2c(C(N)=O)cnc3cc(-c4ccoc4)ccc23)ccc1N1CCN(C)CC1. The van der Waals surface area contributed by atoms with Crippen molar-refractivity contribution in [2.24, 2.45) is 5.73 Å². The van der Waals surface area contributed by atoms with Gasteiger partial charge < -0.3 is 25.3 Å². The van der Waals surface area contributed by atoms with Crippen molar-refractivity contribution in [1.82, 2.24) is 9.88 Å². The van der Waals surface area contributed by atoms with Crippen molar-refractivity contribution < 1.29 is 9.21 Å².